The average molecular weight is 528 g/mol. The monoisotopic (exact) mass is 527 g/mol. The number of rotatable bonds is 9. The van der Waals surface area contributed by atoms with Crippen molar-refractivity contribution in [3.05, 3.63) is 82.6 Å². The lowest BCUT2D eigenvalue weighted by molar-refractivity contribution is -0.147. The molecule has 200 valence electrons. The van der Waals surface area contributed by atoms with Crippen molar-refractivity contribution in [3.63, 3.8) is 0 Å². The van der Waals surface area contributed by atoms with E-state index in [4.69, 9.17) is 9.26 Å². The highest BCUT2D eigenvalue weighted by Gasteiger charge is 2.61. The number of unbranched alkanes of at least 4 members (excludes halogenated alkanes) is 2. The number of amides is 3. The highest BCUT2D eigenvalue weighted by molar-refractivity contribution is 6.07. The SMILES string of the molecule is Cc1cc(NC(=O)COC(=O)CCCCCN2C(=O)[C@@H]3C4c5ccccc5C(c5ccccc54)[C@H]3C2=O)no1. The zero-order chi connectivity index (χ0) is 27.1. The molecule has 0 radical (unpaired) electrons. The second-order valence-electron chi connectivity index (χ2n) is 10.4. The fourth-order valence-electron chi connectivity index (χ4n) is 6.50. The summed E-state index contributed by atoms with van der Waals surface area (Å²) in [7, 11) is 0. The molecule has 1 fully saturated rings. The predicted molar refractivity (Wildman–Crippen MR) is 140 cm³/mol. The minimum Gasteiger partial charge on any atom is -0.456 e. The van der Waals surface area contributed by atoms with Crippen LogP contribution in [0, 0.1) is 18.8 Å². The molecule has 3 amide bonds. The molecule has 9 heteroatoms. The minimum absolute atomic E-state index is 0.0864. The van der Waals surface area contributed by atoms with Crippen molar-refractivity contribution in [1.82, 2.24) is 10.1 Å². The lowest BCUT2D eigenvalue weighted by Gasteiger charge is -2.45. The first kappa shape index (κ1) is 25.0. The van der Waals surface area contributed by atoms with Crippen molar-refractivity contribution >= 4 is 29.5 Å². The molecule has 1 N–H and O–H groups in total. The van der Waals surface area contributed by atoms with E-state index in [0.717, 1.165) is 22.3 Å². The van der Waals surface area contributed by atoms with Crippen LogP contribution >= 0.6 is 0 Å². The van der Waals surface area contributed by atoms with Crippen LogP contribution in [0.4, 0.5) is 5.82 Å². The Bertz CT molecular complexity index is 1350. The Morgan fingerprint density at radius 1 is 0.897 bits per heavy atom. The molecule has 3 aromatic rings. The molecular weight excluding hydrogens is 498 g/mol. The van der Waals surface area contributed by atoms with Crippen molar-refractivity contribution in [2.24, 2.45) is 11.8 Å². The summed E-state index contributed by atoms with van der Waals surface area (Å²) in [6.07, 6.45) is 1.94. The number of hydrogen-bond acceptors (Lipinski definition) is 7. The van der Waals surface area contributed by atoms with Crippen LogP contribution in [0.15, 0.2) is 59.1 Å². The molecule has 2 bridgehead atoms. The minimum atomic E-state index is -0.498. The molecule has 9 nitrogen and oxygen atoms in total. The van der Waals surface area contributed by atoms with Gasteiger partial charge >= 0.3 is 5.97 Å². The fourth-order valence-corrected chi connectivity index (χ4v) is 6.50. The number of carbonyl (C=O) groups is 4. The molecule has 0 unspecified atom stereocenters. The Labute approximate surface area is 225 Å². The summed E-state index contributed by atoms with van der Waals surface area (Å²) < 4.78 is 9.89. The number of nitrogens with zero attached hydrogens (tertiary/aromatic N) is 2. The average Bonchev–Trinajstić information content (AvgIpc) is 3.47. The second-order valence-corrected chi connectivity index (χ2v) is 10.4. The van der Waals surface area contributed by atoms with Crippen LogP contribution in [-0.2, 0) is 23.9 Å². The van der Waals surface area contributed by atoms with Gasteiger partial charge in [0.2, 0.25) is 11.8 Å². The Hall–Kier alpha value is -4.27. The summed E-state index contributed by atoms with van der Waals surface area (Å²) in [5.41, 5.74) is 4.64. The van der Waals surface area contributed by atoms with Crippen LogP contribution in [0.2, 0.25) is 0 Å². The quantitative estimate of drug-likeness (QED) is 0.255. The molecular formula is C30H29N3O6. The number of nitrogens with one attached hydrogen (secondary N) is 1. The number of esters is 1. The van der Waals surface area contributed by atoms with Crippen molar-refractivity contribution in [1.29, 1.82) is 0 Å². The summed E-state index contributed by atoms with van der Waals surface area (Å²) in [4.78, 5) is 52.5. The first-order valence-corrected chi connectivity index (χ1v) is 13.4. The van der Waals surface area contributed by atoms with Gasteiger partial charge in [0.15, 0.2) is 12.4 Å². The van der Waals surface area contributed by atoms with E-state index < -0.39 is 18.5 Å². The van der Waals surface area contributed by atoms with E-state index in [2.05, 4.69) is 34.7 Å². The first-order chi connectivity index (χ1) is 18.9. The molecule has 1 aromatic heterocycles. The molecule has 2 atom stereocenters. The predicted octanol–water partition coefficient (Wildman–Crippen LogP) is 3.92. The molecule has 2 aromatic carbocycles. The maximum Gasteiger partial charge on any atom is 0.306 e. The maximum absolute atomic E-state index is 13.6. The largest absolute Gasteiger partial charge is 0.456 e. The molecule has 1 saturated heterocycles. The van der Waals surface area contributed by atoms with Gasteiger partial charge in [0.05, 0.1) is 11.8 Å². The van der Waals surface area contributed by atoms with E-state index in [1.165, 1.54) is 4.90 Å². The number of aromatic nitrogens is 1. The molecule has 7 rings (SSSR count). The Morgan fingerprint density at radius 3 is 1.97 bits per heavy atom. The van der Waals surface area contributed by atoms with Gasteiger partial charge in [-0.05, 0) is 42.0 Å². The third-order valence-electron chi connectivity index (χ3n) is 8.06. The lowest BCUT2D eigenvalue weighted by Crippen LogP contribution is -2.41. The van der Waals surface area contributed by atoms with Crippen molar-refractivity contribution < 1.29 is 28.4 Å². The van der Waals surface area contributed by atoms with Gasteiger partial charge in [-0.1, -0.05) is 60.1 Å². The van der Waals surface area contributed by atoms with Gasteiger partial charge in [0.1, 0.15) is 5.76 Å². The van der Waals surface area contributed by atoms with Gasteiger partial charge in [-0.2, -0.15) is 0 Å². The Kier molecular flexibility index (Phi) is 6.50. The van der Waals surface area contributed by atoms with Crippen LogP contribution in [0.25, 0.3) is 0 Å². The molecule has 1 aliphatic heterocycles. The van der Waals surface area contributed by atoms with E-state index in [1.54, 1.807) is 13.0 Å². The van der Waals surface area contributed by atoms with Gasteiger partial charge in [-0.25, -0.2) is 0 Å². The van der Waals surface area contributed by atoms with Crippen molar-refractivity contribution in [2.45, 2.75) is 44.4 Å². The van der Waals surface area contributed by atoms with E-state index in [1.807, 2.05) is 24.3 Å². The van der Waals surface area contributed by atoms with E-state index in [-0.39, 0.29) is 47.7 Å². The van der Waals surface area contributed by atoms with E-state index >= 15 is 0 Å². The zero-order valence-corrected chi connectivity index (χ0v) is 21.6. The van der Waals surface area contributed by atoms with Gasteiger partial charge in [0.25, 0.3) is 5.91 Å². The van der Waals surface area contributed by atoms with Crippen molar-refractivity contribution in [2.75, 3.05) is 18.5 Å². The normalized spacial score (nSPS) is 22.3. The number of imide groups is 1. The number of benzene rings is 2. The molecule has 0 saturated carbocycles. The van der Waals surface area contributed by atoms with Crippen LogP contribution in [-0.4, -0.2) is 46.9 Å². The molecule has 2 heterocycles. The highest BCUT2D eigenvalue weighted by atomic mass is 16.5. The van der Waals surface area contributed by atoms with Crippen LogP contribution in [0.5, 0.6) is 0 Å². The smallest absolute Gasteiger partial charge is 0.306 e. The van der Waals surface area contributed by atoms with E-state index in [0.29, 0.717) is 31.6 Å². The van der Waals surface area contributed by atoms with Crippen LogP contribution < -0.4 is 5.32 Å². The van der Waals surface area contributed by atoms with Gasteiger partial charge in [0, 0.05) is 30.9 Å². The third-order valence-corrected chi connectivity index (χ3v) is 8.06. The summed E-state index contributed by atoms with van der Waals surface area (Å²) in [5.74, 6) is -1.27. The molecule has 4 aliphatic rings. The standard InChI is InChI=1S/C30H29N3O6/c1-17-15-22(32-39-17)31-23(34)16-38-24(35)13-3-2-8-14-33-29(36)27-25-18-9-4-5-10-19(18)26(28(27)30(33)37)21-12-7-6-11-20(21)25/h4-7,9-12,15,25-28H,2-3,8,13-14,16H2,1H3,(H,31,32,34)/t25?,26?,27-,28-/m1/s1. The van der Waals surface area contributed by atoms with Crippen molar-refractivity contribution in [3.8, 4) is 0 Å². The molecule has 3 aliphatic carbocycles. The number of carbonyl (C=O) groups excluding carboxylic acids is 4. The van der Waals surface area contributed by atoms with Gasteiger partial charge < -0.3 is 14.6 Å². The van der Waals surface area contributed by atoms with Crippen LogP contribution in [0.1, 0.15) is 65.5 Å². The van der Waals surface area contributed by atoms with Gasteiger partial charge in [-0.15, -0.1) is 0 Å². The van der Waals surface area contributed by atoms with E-state index in [9.17, 15) is 19.2 Å². The summed E-state index contributed by atoms with van der Waals surface area (Å²) in [6.45, 7) is 1.63. The topological polar surface area (TPSA) is 119 Å². The number of aryl methyl sites for hydroxylation is 1. The number of anilines is 1. The van der Waals surface area contributed by atoms with Gasteiger partial charge in [-0.3, -0.25) is 24.1 Å². The molecule has 39 heavy (non-hydrogen) atoms. The summed E-state index contributed by atoms with van der Waals surface area (Å²) in [6, 6.07) is 18.0. The fraction of sp³-hybridized carbons (Fsp3) is 0.367. The number of likely N-dealkylation sites (tertiary alicyclic amines) is 1. The summed E-state index contributed by atoms with van der Waals surface area (Å²) in [5, 5.41) is 6.14. The Balaban J connectivity index is 1.01. The maximum atomic E-state index is 13.6. The zero-order valence-electron chi connectivity index (χ0n) is 21.6. The Morgan fingerprint density at radius 2 is 1.46 bits per heavy atom. The lowest BCUT2D eigenvalue weighted by atomic mass is 9.55. The number of ether oxygens (including phenoxy) is 1. The summed E-state index contributed by atoms with van der Waals surface area (Å²) >= 11 is 0. The number of hydrogen-bond donors (Lipinski definition) is 1. The third kappa shape index (κ3) is 4.41. The van der Waals surface area contributed by atoms with Crippen LogP contribution in [0.3, 0.4) is 0 Å². The molecule has 0 spiro atoms. The highest BCUT2D eigenvalue weighted by Crippen LogP contribution is 2.60. The second kappa shape index (κ2) is 10.1. The first-order valence-electron chi connectivity index (χ1n) is 13.4.